The van der Waals surface area contributed by atoms with E-state index in [0.717, 1.165) is 4.68 Å². The Labute approximate surface area is 164 Å². The molecule has 0 fully saturated rings. The van der Waals surface area contributed by atoms with Gasteiger partial charge in [0.2, 0.25) is 11.6 Å². The standard InChI is InChI=1S/C16H16Cl2N4O5/c1-3-26-15(24)13-14(16(25)27-4-2)22(21-20-13)8-12(23)19-9-5-6-10(17)11(18)7-9/h5-7H,3-4,8H2,1-2H3,(H,19,23). The van der Waals surface area contributed by atoms with Gasteiger partial charge in [-0.05, 0) is 32.0 Å². The summed E-state index contributed by atoms with van der Waals surface area (Å²) in [5, 5.41) is 10.5. The summed E-state index contributed by atoms with van der Waals surface area (Å²) in [5.41, 5.74) is -0.185. The van der Waals surface area contributed by atoms with Crippen LogP contribution in [0.4, 0.5) is 5.69 Å². The van der Waals surface area contributed by atoms with Crippen LogP contribution in [-0.2, 0) is 20.8 Å². The molecule has 0 atom stereocenters. The average molecular weight is 415 g/mol. The second kappa shape index (κ2) is 9.33. The van der Waals surface area contributed by atoms with Gasteiger partial charge < -0.3 is 14.8 Å². The van der Waals surface area contributed by atoms with E-state index in [1.54, 1.807) is 19.9 Å². The zero-order chi connectivity index (χ0) is 20.0. The SMILES string of the molecule is CCOC(=O)c1nnn(CC(=O)Nc2ccc(Cl)c(Cl)c2)c1C(=O)OCC. The molecule has 1 aromatic heterocycles. The van der Waals surface area contributed by atoms with Crippen molar-refractivity contribution in [3.63, 3.8) is 0 Å². The molecule has 0 aliphatic carbocycles. The molecule has 0 saturated carbocycles. The number of nitrogens with zero attached hydrogens (tertiary/aromatic N) is 3. The molecule has 2 aromatic rings. The molecule has 0 spiro atoms. The Morgan fingerprint density at radius 1 is 1.07 bits per heavy atom. The number of benzene rings is 1. The number of hydrogen-bond donors (Lipinski definition) is 1. The number of aromatic nitrogens is 3. The molecule has 144 valence electrons. The number of rotatable bonds is 7. The van der Waals surface area contributed by atoms with Crippen LogP contribution in [0.25, 0.3) is 0 Å². The normalized spacial score (nSPS) is 10.4. The Bertz CT molecular complexity index is 868. The second-order valence-electron chi connectivity index (χ2n) is 5.06. The highest BCUT2D eigenvalue weighted by Gasteiger charge is 2.28. The highest BCUT2D eigenvalue weighted by atomic mass is 35.5. The third-order valence-corrected chi connectivity index (χ3v) is 3.91. The van der Waals surface area contributed by atoms with Gasteiger partial charge in [-0.1, -0.05) is 28.4 Å². The Morgan fingerprint density at radius 2 is 1.74 bits per heavy atom. The van der Waals surface area contributed by atoms with Crippen LogP contribution in [0.2, 0.25) is 10.0 Å². The lowest BCUT2D eigenvalue weighted by Crippen LogP contribution is -2.24. The van der Waals surface area contributed by atoms with Gasteiger partial charge in [0.25, 0.3) is 0 Å². The number of carbonyl (C=O) groups is 3. The quantitative estimate of drug-likeness (QED) is 0.692. The fourth-order valence-electron chi connectivity index (χ4n) is 2.07. The van der Waals surface area contributed by atoms with Crippen molar-refractivity contribution in [1.82, 2.24) is 15.0 Å². The van der Waals surface area contributed by atoms with E-state index in [1.807, 2.05) is 0 Å². The summed E-state index contributed by atoms with van der Waals surface area (Å²) in [5.74, 6) is -2.20. The lowest BCUT2D eigenvalue weighted by atomic mass is 10.3. The minimum Gasteiger partial charge on any atom is -0.461 e. The molecule has 1 aromatic carbocycles. The minimum absolute atomic E-state index is 0.0712. The molecule has 0 bridgehead atoms. The molecule has 9 nitrogen and oxygen atoms in total. The minimum atomic E-state index is -0.840. The van der Waals surface area contributed by atoms with Gasteiger partial charge in [-0.2, -0.15) is 0 Å². The first-order valence-electron chi connectivity index (χ1n) is 7.90. The summed E-state index contributed by atoms with van der Waals surface area (Å²) in [7, 11) is 0. The van der Waals surface area contributed by atoms with Gasteiger partial charge in [0.05, 0.1) is 23.3 Å². The zero-order valence-electron chi connectivity index (χ0n) is 14.5. The summed E-state index contributed by atoms with van der Waals surface area (Å²) in [6, 6.07) is 4.56. The Hall–Kier alpha value is -2.65. The van der Waals surface area contributed by atoms with Gasteiger partial charge >= 0.3 is 11.9 Å². The van der Waals surface area contributed by atoms with Gasteiger partial charge in [-0.25, -0.2) is 14.3 Å². The van der Waals surface area contributed by atoms with Crippen molar-refractivity contribution in [2.45, 2.75) is 20.4 Å². The number of nitrogens with one attached hydrogen (secondary N) is 1. The van der Waals surface area contributed by atoms with Crippen LogP contribution in [0, 0.1) is 0 Å². The third-order valence-electron chi connectivity index (χ3n) is 3.17. The second-order valence-corrected chi connectivity index (χ2v) is 5.88. The maximum absolute atomic E-state index is 12.3. The van der Waals surface area contributed by atoms with E-state index in [4.69, 9.17) is 32.7 Å². The van der Waals surface area contributed by atoms with Gasteiger partial charge in [0.15, 0.2) is 5.69 Å². The molecular formula is C16H16Cl2N4O5. The van der Waals surface area contributed by atoms with E-state index >= 15 is 0 Å². The molecule has 0 radical (unpaired) electrons. The third kappa shape index (κ3) is 5.18. The maximum atomic E-state index is 12.3. The topological polar surface area (TPSA) is 112 Å². The molecule has 0 aliphatic heterocycles. The molecule has 0 unspecified atom stereocenters. The van der Waals surface area contributed by atoms with E-state index in [0.29, 0.717) is 10.7 Å². The monoisotopic (exact) mass is 414 g/mol. The molecule has 0 aliphatic rings. The van der Waals surface area contributed by atoms with Crippen molar-refractivity contribution in [1.29, 1.82) is 0 Å². The van der Waals surface area contributed by atoms with Crippen molar-refractivity contribution < 1.29 is 23.9 Å². The number of ether oxygens (including phenoxy) is 2. The van der Waals surface area contributed by atoms with Gasteiger partial charge in [-0.15, -0.1) is 5.10 Å². The summed E-state index contributed by atoms with van der Waals surface area (Å²) in [4.78, 5) is 36.4. The van der Waals surface area contributed by atoms with Crippen LogP contribution in [-0.4, -0.2) is 46.1 Å². The Kier molecular flexibility index (Phi) is 7.14. The lowest BCUT2D eigenvalue weighted by Gasteiger charge is -2.09. The van der Waals surface area contributed by atoms with Crippen LogP contribution in [0.15, 0.2) is 18.2 Å². The first-order valence-corrected chi connectivity index (χ1v) is 8.65. The predicted molar refractivity (Wildman–Crippen MR) is 97.0 cm³/mol. The summed E-state index contributed by atoms with van der Waals surface area (Å²) >= 11 is 11.7. The fraction of sp³-hybridized carbons (Fsp3) is 0.312. The molecule has 1 heterocycles. The maximum Gasteiger partial charge on any atom is 0.361 e. The summed E-state index contributed by atoms with van der Waals surface area (Å²) in [6.45, 7) is 2.98. The van der Waals surface area contributed by atoms with Crippen LogP contribution >= 0.6 is 23.2 Å². The van der Waals surface area contributed by atoms with Crippen molar-refractivity contribution in [2.75, 3.05) is 18.5 Å². The van der Waals surface area contributed by atoms with Gasteiger partial charge in [0, 0.05) is 5.69 Å². The van der Waals surface area contributed by atoms with Crippen LogP contribution in [0.5, 0.6) is 0 Å². The predicted octanol–water partition coefficient (Wildman–Crippen LogP) is 2.58. The van der Waals surface area contributed by atoms with Crippen molar-refractivity contribution in [3.05, 3.63) is 39.6 Å². The number of amides is 1. The highest BCUT2D eigenvalue weighted by molar-refractivity contribution is 6.42. The number of anilines is 1. The van der Waals surface area contributed by atoms with E-state index in [2.05, 4.69) is 15.6 Å². The largest absolute Gasteiger partial charge is 0.461 e. The number of halogens is 2. The number of carbonyl (C=O) groups excluding carboxylic acids is 3. The molecular weight excluding hydrogens is 399 g/mol. The smallest absolute Gasteiger partial charge is 0.361 e. The van der Waals surface area contributed by atoms with Crippen molar-refractivity contribution in [3.8, 4) is 0 Å². The Morgan fingerprint density at radius 3 is 2.37 bits per heavy atom. The molecule has 27 heavy (non-hydrogen) atoms. The van der Waals surface area contributed by atoms with E-state index in [-0.39, 0.29) is 36.2 Å². The Balaban J connectivity index is 2.23. The van der Waals surface area contributed by atoms with Crippen LogP contribution in [0.3, 0.4) is 0 Å². The number of esters is 2. The highest BCUT2D eigenvalue weighted by Crippen LogP contribution is 2.25. The lowest BCUT2D eigenvalue weighted by molar-refractivity contribution is -0.116. The molecule has 1 N–H and O–H groups in total. The molecule has 11 heteroatoms. The fourth-order valence-corrected chi connectivity index (χ4v) is 2.37. The number of hydrogen-bond acceptors (Lipinski definition) is 7. The van der Waals surface area contributed by atoms with E-state index in [1.165, 1.54) is 12.1 Å². The van der Waals surface area contributed by atoms with Crippen molar-refractivity contribution in [2.24, 2.45) is 0 Å². The van der Waals surface area contributed by atoms with Crippen molar-refractivity contribution >= 4 is 46.7 Å². The first-order chi connectivity index (χ1) is 12.9. The average Bonchev–Trinajstić information content (AvgIpc) is 3.02. The first kappa shape index (κ1) is 20.7. The van der Waals surface area contributed by atoms with E-state index in [9.17, 15) is 14.4 Å². The molecule has 2 rings (SSSR count). The summed E-state index contributed by atoms with van der Waals surface area (Å²) in [6.07, 6.45) is 0. The molecule has 1 amide bonds. The van der Waals surface area contributed by atoms with Gasteiger partial charge in [0.1, 0.15) is 6.54 Å². The zero-order valence-corrected chi connectivity index (χ0v) is 16.0. The van der Waals surface area contributed by atoms with E-state index < -0.39 is 17.8 Å². The van der Waals surface area contributed by atoms with Crippen LogP contribution < -0.4 is 5.32 Å². The molecule has 0 saturated heterocycles. The summed E-state index contributed by atoms with van der Waals surface area (Å²) < 4.78 is 10.7. The van der Waals surface area contributed by atoms with Gasteiger partial charge in [-0.3, -0.25) is 4.79 Å². The van der Waals surface area contributed by atoms with Crippen LogP contribution in [0.1, 0.15) is 34.8 Å².